The summed E-state index contributed by atoms with van der Waals surface area (Å²) in [6.45, 7) is 0.221. The van der Waals surface area contributed by atoms with Gasteiger partial charge in [0.2, 0.25) is 0 Å². The number of thioether (sulfide) groups is 1. The number of nitrogens with two attached hydrogens (primary N) is 1. The Morgan fingerprint density at radius 3 is 3.00 bits per heavy atom. The summed E-state index contributed by atoms with van der Waals surface area (Å²) in [4.78, 5) is 5.52. The number of nitrogen functional groups attached to an aromatic ring is 1. The van der Waals surface area contributed by atoms with E-state index < -0.39 is 0 Å². The van der Waals surface area contributed by atoms with Crippen molar-refractivity contribution in [3.05, 3.63) is 28.9 Å². The van der Waals surface area contributed by atoms with Crippen LogP contribution in [-0.4, -0.2) is 22.5 Å². The largest absolute Gasteiger partial charge is 0.398 e. The van der Waals surface area contributed by atoms with Crippen molar-refractivity contribution in [3.63, 3.8) is 0 Å². The molecule has 0 amide bonds. The molecule has 3 nitrogen and oxygen atoms in total. The van der Waals surface area contributed by atoms with Crippen LogP contribution in [0, 0.1) is 0 Å². The van der Waals surface area contributed by atoms with Gasteiger partial charge in [-0.05, 0) is 40.5 Å². The van der Waals surface area contributed by atoms with Gasteiger partial charge in [-0.25, -0.2) is 0 Å². The lowest BCUT2D eigenvalue weighted by atomic mass is 10.2. The number of benzene rings is 1. The molecule has 0 bridgehead atoms. The Balaban J connectivity index is 2.40. The Labute approximate surface area is 113 Å². The Bertz CT molecular complexity index is 533. The highest BCUT2D eigenvalue weighted by Gasteiger charge is 2.06. The van der Waals surface area contributed by atoms with Crippen LogP contribution in [0.1, 0.15) is 6.42 Å². The molecule has 90 valence electrons. The van der Waals surface area contributed by atoms with E-state index >= 15 is 0 Å². The molecule has 0 unspecified atom stereocenters. The molecular weight excluding hydrogens is 300 g/mol. The van der Waals surface area contributed by atoms with Gasteiger partial charge in [0.05, 0.1) is 5.52 Å². The van der Waals surface area contributed by atoms with E-state index in [1.54, 1.807) is 18.0 Å². The number of hydrogen-bond donors (Lipinski definition) is 2. The molecule has 0 aliphatic rings. The summed E-state index contributed by atoms with van der Waals surface area (Å²) < 4.78 is 0.925. The number of aliphatic hydroxyl groups excluding tert-OH is 1. The van der Waals surface area contributed by atoms with Crippen LogP contribution in [0.3, 0.4) is 0 Å². The maximum atomic E-state index is 8.78. The molecule has 2 aromatic rings. The van der Waals surface area contributed by atoms with E-state index in [0.29, 0.717) is 0 Å². The first-order valence-corrected chi connectivity index (χ1v) is 7.07. The molecule has 0 fully saturated rings. The highest BCUT2D eigenvalue weighted by molar-refractivity contribution is 9.10. The lowest BCUT2D eigenvalue weighted by Crippen LogP contribution is -1.92. The van der Waals surface area contributed by atoms with Crippen LogP contribution in [0.5, 0.6) is 0 Å². The predicted molar refractivity (Wildman–Crippen MR) is 76.3 cm³/mol. The third-order valence-corrected chi connectivity index (χ3v) is 3.94. The Morgan fingerprint density at radius 2 is 2.24 bits per heavy atom. The molecule has 1 aromatic heterocycles. The van der Waals surface area contributed by atoms with Gasteiger partial charge in [0.1, 0.15) is 0 Å². The van der Waals surface area contributed by atoms with Crippen molar-refractivity contribution in [2.75, 3.05) is 18.1 Å². The van der Waals surface area contributed by atoms with Crippen LogP contribution in [-0.2, 0) is 0 Å². The van der Waals surface area contributed by atoms with Crippen molar-refractivity contribution >= 4 is 44.3 Å². The first-order valence-electron chi connectivity index (χ1n) is 5.30. The van der Waals surface area contributed by atoms with Crippen LogP contribution >= 0.6 is 27.7 Å². The van der Waals surface area contributed by atoms with Gasteiger partial charge in [-0.15, -0.1) is 11.8 Å². The number of hydrogen-bond acceptors (Lipinski definition) is 4. The fraction of sp³-hybridized carbons (Fsp3) is 0.250. The zero-order chi connectivity index (χ0) is 12.3. The summed E-state index contributed by atoms with van der Waals surface area (Å²) in [5.74, 6) is 0.882. The molecule has 0 aliphatic carbocycles. The number of aromatic nitrogens is 1. The quantitative estimate of drug-likeness (QED) is 0.517. The van der Waals surface area contributed by atoms with E-state index in [0.717, 1.165) is 38.1 Å². The molecule has 2 rings (SSSR count). The van der Waals surface area contributed by atoms with Crippen molar-refractivity contribution < 1.29 is 5.11 Å². The van der Waals surface area contributed by atoms with Crippen molar-refractivity contribution in [2.24, 2.45) is 0 Å². The Morgan fingerprint density at radius 1 is 1.41 bits per heavy atom. The lowest BCUT2D eigenvalue weighted by Gasteiger charge is -2.07. The van der Waals surface area contributed by atoms with Crippen LogP contribution in [0.15, 0.2) is 33.8 Å². The van der Waals surface area contributed by atoms with E-state index in [2.05, 4.69) is 20.9 Å². The molecule has 0 saturated heterocycles. The normalized spacial score (nSPS) is 10.9. The minimum Gasteiger partial charge on any atom is -0.398 e. The average Bonchev–Trinajstić information content (AvgIpc) is 2.33. The van der Waals surface area contributed by atoms with Gasteiger partial charge >= 0.3 is 0 Å². The number of halogens is 1. The summed E-state index contributed by atoms with van der Waals surface area (Å²) in [5.41, 5.74) is 7.60. The number of pyridine rings is 1. The maximum absolute atomic E-state index is 8.78. The third-order valence-electron chi connectivity index (χ3n) is 2.37. The van der Waals surface area contributed by atoms with Crippen molar-refractivity contribution in [1.29, 1.82) is 0 Å². The van der Waals surface area contributed by atoms with E-state index in [1.807, 2.05) is 18.2 Å². The molecule has 17 heavy (non-hydrogen) atoms. The summed E-state index contributed by atoms with van der Waals surface area (Å²) >= 11 is 5.09. The first kappa shape index (κ1) is 12.7. The Kier molecular flexibility index (Phi) is 4.25. The first-order chi connectivity index (χ1) is 8.22. The van der Waals surface area contributed by atoms with Crippen LogP contribution < -0.4 is 5.73 Å². The van der Waals surface area contributed by atoms with Crippen molar-refractivity contribution in [2.45, 2.75) is 11.3 Å². The van der Waals surface area contributed by atoms with Crippen LogP contribution in [0.2, 0.25) is 0 Å². The molecular formula is C12H13BrN2OS. The van der Waals surface area contributed by atoms with E-state index in [4.69, 9.17) is 10.8 Å². The van der Waals surface area contributed by atoms with E-state index in [9.17, 15) is 0 Å². The Hall–Kier alpha value is -0.780. The molecule has 1 aromatic carbocycles. The van der Waals surface area contributed by atoms with Crippen molar-refractivity contribution in [3.8, 4) is 0 Å². The maximum Gasteiger partial charge on any atom is 0.0859 e. The molecule has 0 radical (unpaired) electrons. The number of nitrogens with zero attached hydrogens (tertiary/aromatic N) is 1. The number of rotatable bonds is 4. The van der Waals surface area contributed by atoms with E-state index in [1.165, 1.54) is 0 Å². The predicted octanol–water partition coefficient (Wildman–Crippen LogP) is 3.05. The van der Waals surface area contributed by atoms with Gasteiger partial charge in [-0.3, -0.25) is 4.98 Å². The zero-order valence-corrected chi connectivity index (χ0v) is 11.6. The molecule has 3 N–H and O–H groups in total. The molecule has 0 atom stereocenters. The third kappa shape index (κ3) is 2.91. The van der Waals surface area contributed by atoms with Gasteiger partial charge < -0.3 is 10.8 Å². The fourth-order valence-corrected chi connectivity index (χ4v) is 2.84. The molecule has 0 spiro atoms. The second-order valence-electron chi connectivity index (χ2n) is 3.63. The smallest absolute Gasteiger partial charge is 0.0859 e. The highest BCUT2D eigenvalue weighted by atomic mass is 79.9. The number of anilines is 1. The molecule has 5 heteroatoms. The summed E-state index contributed by atoms with van der Waals surface area (Å²) in [5, 5.41) is 9.75. The number of fused-ring (bicyclic) bond motifs is 1. The number of aliphatic hydroxyl groups is 1. The molecule has 0 aliphatic heterocycles. The monoisotopic (exact) mass is 312 g/mol. The van der Waals surface area contributed by atoms with Gasteiger partial charge in [-0.1, -0.05) is 0 Å². The molecule has 1 heterocycles. The standard InChI is InChI=1S/C12H13BrN2OS/c13-8-6-9-10(14)2-3-11(12(9)15-7-8)17-5-1-4-16/h2-3,6-7,16H,1,4-5,14H2. The summed E-state index contributed by atoms with van der Waals surface area (Å²) in [6.07, 6.45) is 2.56. The fourth-order valence-electron chi connectivity index (χ4n) is 1.55. The highest BCUT2D eigenvalue weighted by Crippen LogP contribution is 2.31. The lowest BCUT2D eigenvalue weighted by molar-refractivity contribution is 0.296. The topological polar surface area (TPSA) is 59.1 Å². The van der Waals surface area contributed by atoms with Gasteiger partial charge in [0.25, 0.3) is 0 Å². The van der Waals surface area contributed by atoms with Crippen LogP contribution in [0.25, 0.3) is 10.9 Å². The van der Waals surface area contributed by atoms with Gasteiger partial charge in [-0.2, -0.15) is 0 Å². The van der Waals surface area contributed by atoms with Crippen LogP contribution in [0.4, 0.5) is 5.69 Å². The van der Waals surface area contributed by atoms with E-state index in [-0.39, 0.29) is 6.61 Å². The SMILES string of the molecule is Nc1ccc(SCCCO)c2ncc(Br)cc12. The summed E-state index contributed by atoms with van der Waals surface area (Å²) in [6, 6.07) is 5.87. The van der Waals surface area contributed by atoms with Gasteiger partial charge in [0, 0.05) is 39.0 Å². The van der Waals surface area contributed by atoms with Crippen molar-refractivity contribution in [1.82, 2.24) is 4.98 Å². The second-order valence-corrected chi connectivity index (χ2v) is 5.68. The minimum absolute atomic E-state index is 0.221. The second kappa shape index (κ2) is 5.71. The zero-order valence-electron chi connectivity index (χ0n) is 9.19. The summed E-state index contributed by atoms with van der Waals surface area (Å²) in [7, 11) is 0. The average molecular weight is 313 g/mol. The van der Waals surface area contributed by atoms with Gasteiger partial charge in [0.15, 0.2) is 0 Å². The minimum atomic E-state index is 0.221. The molecule has 0 saturated carbocycles.